The Morgan fingerprint density at radius 3 is 2.52 bits per heavy atom. The van der Waals surface area contributed by atoms with Crippen LogP contribution in [0.5, 0.6) is 0 Å². The number of aromatic nitrogens is 2. The summed E-state index contributed by atoms with van der Waals surface area (Å²) in [6.45, 7) is 4.78. The van der Waals surface area contributed by atoms with Gasteiger partial charge in [0.05, 0.1) is 17.6 Å². The molecule has 0 bridgehead atoms. The van der Waals surface area contributed by atoms with E-state index >= 15 is 0 Å². The third-order valence-corrected chi connectivity index (χ3v) is 4.00. The van der Waals surface area contributed by atoms with Crippen LogP contribution >= 0.6 is 0 Å². The fraction of sp³-hybridized carbons (Fsp3) is 0.263. The molecule has 0 aliphatic rings. The van der Waals surface area contributed by atoms with E-state index in [1.54, 1.807) is 12.4 Å². The molecule has 0 unspecified atom stereocenters. The van der Waals surface area contributed by atoms with Crippen LogP contribution in [0.3, 0.4) is 0 Å². The number of rotatable bonds is 6. The van der Waals surface area contributed by atoms with Gasteiger partial charge >= 0.3 is 0 Å². The quantitative estimate of drug-likeness (QED) is 0.760. The smallest absolute Gasteiger partial charge is 0.0892 e. The summed E-state index contributed by atoms with van der Waals surface area (Å²) in [5.41, 5.74) is 5.38. The molecular weight excluding hydrogens is 286 g/mol. The molecule has 1 heterocycles. The van der Waals surface area contributed by atoms with Gasteiger partial charge in [-0.25, -0.2) is 0 Å². The molecule has 1 aromatic heterocycles. The van der Waals surface area contributed by atoms with Crippen molar-refractivity contribution in [2.75, 3.05) is 19.7 Å². The Morgan fingerprint density at radius 1 is 0.957 bits per heavy atom. The van der Waals surface area contributed by atoms with E-state index in [0.29, 0.717) is 6.54 Å². The molecule has 0 aliphatic carbocycles. The molecule has 0 fully saturated rings. The minimum atomic E-state index is 0.191. The normalized spacial score (nSPS) is 11.3. The van der Waals surface area contributed by atoms with Crippen LogP contribution in [0.25, 0.3) is 22.2 Å². The lowest BCUT2D eigenvalue weighted by Crippen LogP contribution is -2.26. The lowest BCUT2D eigenvalue weighted by molar-refractivity contribution is 0.197. The molecule has 0 radical (unpaired) electrons. The molecule has 3 aromatic rings. The zero-order valence-electron chi connectivity index (χ0n) is 13.3. The number of benzene rings is 2. The van der Waals surface area contributed by atoms with Crippen molar-refractivity contribution in [3.05, 3.63) is 60.4 Å². The highest BCUT2D eigenvalue weighted by molar-refractivity contribution is 5.81. The lowest BCUT2D eigenvalue weighted by Gasteiger charge is -2.19. The third-order valence-electron chi connectivity index (χ3n) is 4.00. The molecular formula is C19H21N3O. The zero-order valence-corrected chi connectivity index (χ0v) is 13.3. The summed E-state index contributed by atoms with van der Waals surface area (Å²) < 4.78 is 0. The van der Waals surface area contributed by atoms with E-state index in [9.17, 15) is 0 Å². The molecule has 4 heteroatoms. The number of aliphatic hydroxyl groups excluding tert-OH is 1. The Hall–Kier alpha value is -2.30. The topological polar surface area (TPSA) is 49.2 Å². The first-order valence-electron chi connectivity index (χ1n) is 7.93. The standard InChI is InChI=1S/C19H21N3O/c1-2-22(10-11-23)14-15-4-3-5-16(12-15)17-6-7-18-19(13-17)21-9-8-20-18/h3-9,12-13,23H,2,10-11,14H2,1H3. The van der Waals surface area contributed by atoms with Gasteiger partial charge in [0.2, 0.25) is 0 Å². The van der Waals surface area contributed by atoms with Crippen LogP contribution in [0.4, 0.5) is 0 Å². The van der Waals surface area contributed by atoms with Gasteiger partial charge in [-0.05, 0) is 41.4 Å². The molecule has 0 spiro atoms. The summed E-state index contributed by atoms with van der Waals surface area (Å²) in [6.07, 6.45) is 3.43. The molecule has 4 nitrogen and oxygen atoms in total. The second kappa shape index (κ2) is 7.31. The van der Waals surface area contributed by atoms with Crippen LogP contribution in [0.15, 0.2) is 54.9 Å². The number of likely N-dealkylation sites (N-methyl/N-ethyl adjacent to an activating group) is 1. The maximum Gasteiger partial charge on any atom is 0.0892 e. The van der Waals surface area contributed by atoms with E-state index in [1.165, 1.54) is 11.1 Å². The number of hydrogen-bond donors (Lipinski definition) is 1. The number of nitrogens with zero attached hydrogens (tertiary/aromatic N) is 3. The van der Waals surface area contributed by atoms with Crippen molar-refractivity contribution in [1.29, 1.82) is 0 Å². The van der Waals surface area contributed by atoms with Gasteiger partial charge in [-0.3, -0.25) is 14.9 Å². The first kappa shape index (κ1) is 15.6. The Balaban J connectivity index is 1.88. The average Bonchev–Trinajstić information content (AvgIpc) is 2.61. The summed E-state index contributed by atoms with van der Waals surface area (Å²) in [6, 6.07) is 14.7. The zero-order chi connectivity index (χ0) is 16.1. The van der Waals surface area contributed by atoms with E-state index < -0.39 is 0 Å². The summed E-state index contributed by atoms with van der Waals surface area (Å²) in [7, 11) is 0. The molecule has 1 N–H and O–H groups in total. The van der Waals surface area contributed by atoms with Crippen molar-refractivity contribution in [3.63, 3.8) is 0 Å². The molecule has 2 aromatic carbocycles. The Labute approximate surface area is 136 Å². The van der Waals surface area contributed by atoms with E-state index in [1.807, 2.05) is 6.07 Å². The van der Waals surface area contributed by atoms with Crippen LogP contribution in [0.1, 0.15) is 12.5 Å². The van der Waals surface area contributed by atoms with Crippen LogP contribution in [0, 0.1) is 0 Å². The monoisotopic (exact) mass is 307 g/mol. The number of fused-ring (bicyclic) bond motifs is 1. The van der Waals surface area contributed by atoms with Gasteiger partial charge in [-0.1, -0.05) is 31.2 Å². The van der Waals surface area contributed by atoms with Crippen molar-refractivity contribution < 1.29 is 5.11 Å². The highest BCUT2D eigenvalue weighted by atomic mass is 16.3. The largest absolute Gasteiger partial charge is 0.395 e. The molecule has 3 rings (SSSR count). The second-order valence-corrected chi connectivity index (χ2v) is 5.55. The van der Waals surface area contributed by atoms with Gasteiger partial charge in [0.15, 0.2) is 0 Å². The Morgan fingerprint density at radius 2 is 1.74 bits per heavy atom. The van der Waals surface area contributed by atoms with Gasteiger partial charge in [-0.15, -0.1) is 0 Å². The highest BCUT2D eigenvalue weighted by Gasteiger charge is 2.06. The molecule has 0 atom stereocenters. The van der Waals surface area contributed by atoms with Crippen LogP contribution < -0.4 is 0 Å². The van der Waals surface area contributed by atoms with E-state index in [4.69, 9.17) is 5.11 Å². The first-order chi connectivity index (χ1) is 11.3. The Bertz CT molecular complexity index is 788. The minimum Gasteiger partial charge on any atom is -0.395 e. The summed E-state index contributed by atoms with van der Waals surface area (Å²) in [5.74, 6) is 0. The summed E-state index contributed by atoms with van der Waals surface area (Å²) in [5, 5.41) is 9.12. The lowest BCUT2D eigenvalue weighted by atomic mass is 10.0. The molecule has 0 saturated carbocycles. The van der Waals surface area contributed by atoms with Gasteiger partial charge in [0.25, 0.3) is 0 Å². The van der Waals surface area contributed by atoms with Crippen molar-refractivity contribution in [1.82, 2.24) is 14.9 Å². The molecule has 0 aliphatic heterocycles. The molecule has 0 amide bonds. The predicted octanol–water partition coefficient (Wildman–Crippen LogP) is 3.11. The number of hydrogen-bond acceptors (Lipinski definition) is 4. The highest BCUT2D eigenvalue weighted by Crippen LogP contribution is 2.23. The van der Waals surface area contributed by atoms with Crippen molar-refractivity contribution >= 4 is 11.0 Å². The number of aliphatic hydroxyl groups is 1. The average molecular weight is 307 g/mol. The third kappa shape index (κ3) is 3.73. The van der Waals surface area contributed by atoms with Crippen LogP contribution in [0.2, 0.25) is 0 Å². The fourth-order valence-electron chi connectivity index (χ4n) is 2.74. The Kier molecular flexibility index (Phi) is 4.95. The van der Waals surface area contributed by atoms with Crippen molar-refractivity contribution in [3.8, 4) is 11.1 Å². The van der Waals surface area contributed by atoms with Gasteiger partial charge in [0, 0.05) is 25.5 Å². The van der Waals surface area contributed by atoms with E-state index in [2.05, 4.69) is 58.2 Å². The molecule has 0 saturated heterocycles. The summed E-state index contributed by atoms with van der Waals surface area (Å²) >= 11 is 0. The van der Waals surface area contributed by atoms with Crippen molar-refractivity contribution in [2.45, 2.75) is 13.5 Å². The van der Waals surface area contributed by atoms with Gasteiger partial charge in [-0.2, -0.15) is 0 Å². The predicted molar refractivity (Wildman–Crippen MR) is 93.0 cm³/mol. The summed E-state index contributed by atoms with van der Waals surface area (Å²) in [4.78, 5) is 10.9. The van der Waals surface area contributed by atoms with E-state index in [-0.39, 0.29) is 6.61 Å². The van der Waals surface area contributed by atoms with Crippen LogP contribution in [-0.2, 0) is 6.54 Å². The molecule has 23 heavy (non-hydrogen) atoms. The minimum absolute atomic E-state index is 0.191. The maximum absolute atomic E-state index is 9.12. The van der Waals surface area contributed by atoms with Gasteiger partial charge in [0.1, 0.15) is 0 Å². The van der Waals surface area contributed by atoms with Crippen LogP contribution in [-0.4, -0.2) is 39.7 Å². The SMILES string of the molecule is CCN(CCO)Cc1cccc(-c2ccc3nccnc3c2)c1. The van der Waals surface area contributed by atoms with Crippen molar-refractivity contribution in [2.24, 2.45) is 0 Å². The first-order valence-corrected chi connectivity index (χ1v) is 7.93. The maximum atomic E-state index is 9.12. The fourth-order valence-corrected chi connectivity index (χ4v) is 2.74. The second-order valence-electron chi connectivity index (χ2n) is 5.55. The van der Waals surface area contributed by atoms with E-state index in [0.717, 1.165) is 29.7 Å². The molecule has 118 valence electrons. The van der Waals surface area contributed by atoms with Gasteiger partial charge < -0.3 is 5.11 Å².